The first-order valence-electron chi connectivity index (χ1n) is 6.20. The Bertz CT molecular complexity index is 735. The molecule has 0 atom stereocenters. The van der Waals surface area contributed by atoms with Crippen LogP contribution in [0.2, 0.25) is 0 Å². The van der Waals surface area contributed by atoms with Crippen molar-refractivity contribution in [2.45, 2.75) is 13.0 Å². The lowest BCUT2D eigenvalue weighted by Gasteiger charge is -2.04. The van der Waals surface area contributed by atoms with E-state index in [2.05, 4.69) is 15.1 Å². The summed E-state index contributed by atoms with van der Waals surface area (Å²) in [4.78, 5) is 19.6. The number of aryl methyl sites for hydroxylation is 1. The molecule has 6 heteroatoms. The number of nitrogens with zero attached hydrogens (tertiary/aromatic N) is 4. The normalized spacial score (nSPS) is 10.6. The summed E-state index contributed by atoms with van der Waals surface area (Å²) in [5.74, 6) is -0.0219. The molecule has 20 heavy (non-hydrogen) atoms. The molecular weight excluding hydrogens is 256 g/mol. The van der Waals surface area contributed by atoms with E-state index < -0.39 is 5.76 Å². The Morgan fingerprint density at radius 2 is 1.85 bits per heavy atom. The number of benzene rings is 1. The summed E-state index contributed by atoms with van der Waals surface area (Å²) in [5.41, 5.74) is 1.81. The maximum Gasteiger partial charge on any atom is 0.441 e. The van der Waals surface area contributed by atoms with E-state index in [1.165, 1.54) is 10.9 Å². The lowest BCUT2D eigenvalue weighted by Crippen LogP contribution is -2.17. The van der Waals surface area contributed by atoms with Gasteiger partial charge < -0.3 is 0 Å². The van der Waals surface area contributed by atoms with Gasteiger partial charge in [0.1, 0.15) is 6.33 Å². The first kappa shape index (κ1) is 12.3. The van der Waals surface area contributed by atoms with E-state index in [-0.39, 0.29) is 0 Å². The van der Waals surface area contributed by atoms with Crippen LogP contribution in [0, 0.1) is 0 Å². The van der Waals surface area contributed by atoms with Crippen LogP contribution in [-0.2, 0) is 13.0 Å². The molecule has 0 aliphatic rings. The molecule has 0 aliphatic carbocycles. The Labute approximate surface area is 114 Å². The lowest BCUT2D eigenvalue weighted by molar-refractivity contribution is 0.376. The highest BCUT2D eigenvalue weighted by molar-refractivity contribution is 5.51. The third-order valence-corrected chi connectivity index (χ3v) is 2.97. The first-order valence-corrected chi connectivity index (χ1v) is 6.20. The summed E-state index contributed by atoms with van der Waals surface area (Å²) in [6, 6.07) is 9.94. The van der Waals surface area contributed by atoms with E-state index in [0.717, 1.165) is 12.0 Å². The molecular formula is C14H12N4O2. The van der Waals surface area contributed by atoms with Crippen molar-refractivity contribution in [1.29, 1.82) is 0 Å². The zero-order valence-electron chi connectivity index (χ0n) is 10.6. The fourth-order valence-electron chi connectivity index (χ4n) is 1.97. The molecule has 2 aromatic heterocycles. The van der Waals surface area contributed by atoms with Crippen molar-refractivity contribution in [2.75, 3.05) is 0 Å². The maximum absolute atomic E-state index is 11.7. The van der Waals surface area contributed by atoms with Crippen LogP contribution in [0.3, 0.4) is 0 Å². The van der Waals surface area contributed by atoms with Crippen LogP contribution in [0.4, 0.5) is 0 Å². The molecule has 0 aliphatic heterocycles. The highest BCUT2D eigenvalue weighted by atomic mass is 16.5. The Hall–Kier alpha value is -2.76. The molecule has 0 fully saturated rings. The van der Waals surface area contributed by atoms with Crippen LogP contribution in [0.5, 0.6) is 0 Å². The van der Waals surface area contributed by atoms with Crippen molar-refractivity contribution in [1.82, 2.24) is 19.7 Å². The Balaban J connectivity index is 1.87. The van der Waals surface area contributed by atoms with E-state index in [1.807, 2.05) is 30.3 Å². The molecule has 0 bridgehead atoms. The monoisotopic (exact) mass is 268 g/mol. The van der Waals surface area contributed by atoms with Gasteiger partial charge in [-0.2, -0.15) is 0 Å². The van der Waals surface area contributed by atoms with E-state index in [4.69, 9.17) is 4.52 Å². The minimum absolute atomic E-state index is 0.450. The molecule has 0 saturated heterocycles. The second-order valence-electron chi connectivity index (χ2n) is 4.29. The maximum atomic E-state index is 11.7. The third kappa shape index (κ3) is 2.49. The number of hydrogen-bond acceptors (Lipinski definition) is 5. The number of rotatable bonds is 4. The summed E-state index contributed by atoms with van der Waals surface area (Å²) in [6.45, 7) is 0.497. The van der Waals surface area contributed by atoms with Crippen LogP contribution in [0.25, 0.3) is 11.4 Å². The van der Waals surface area contributed by atoms with Crippen LogP contribution in [-0.4, -0.2) is 19.7 Å². The van der Waals surface area contributed by atoms with Gasteiger partial charge in [0.25, 0.3) is 0 Å². The van der Waals surface area contributed by atoms with Crippen molar-refractivity contribution in [3.63, 3.8) is 0 Å². The summed E-state index contributed by atoms with van der Waals surface area (Å²) in [6.07, 6.45) is 5.35. The average molecular weight is 268 g/mol. The van der Waals surface area contributed by atoms with Crippen LogP contribution >= 0.6 is 0 Å². The summed E-state index contributed by atoms with van der Waals surface area (Å²) < 4.78 is 6.23. The zero-order chi connectivity index (χ0) is 13.8. The molecule has 0 amide bonds. The molecule has 3 aromatic rings. The molecule has 3 rings (SSSR count). The average Bonchev–Trinajstić information content (AvgIpc) is 2.88. The highest BCUT2D eigenvalue weighted by Crippen LogP contribution is 2.13. The quantitative estimate of drug-likeness (QED) is 0.717. The van der Waals surface area contributed by atoms with Gasteiger partial charge in [-0.3, -0.25) is 9.09 Å². The third-order valence-electron chi connectivity index (χ3n) is 2.97. The van der Waals surface area contributed by atoms with Crippen molar-refractivity contribution < 1.29 is 4.52 Å². The van der Waals surface area contributed by atoms with Gasteiger partial charge in [0.2, 0.25) is 0 Å². The fourth-order valence-corrected chi connectivity index (χ4v) is 1.97. The van der Waals surface area contributed by atoms with E-state index in [9.17, 15) is 4.79 Å². The zero-order valence-corrected chi connectivity index (χ0v) is 10.6. The second kappa shape index (κ2) is 5.48. The van der Waals surface area contributed by atoms with Gasteiger partial charge in [0.15, 0.2) is 5.82 Å². The Morgan fingerprint density at radius 1 is 1.10 bits per heavy atom. The Morgan fingerprint density at radius 3 is 2.60 bits per heavy atom. The summed E-state index contributed by atoms with van der Waals surface area (Å²) in [5, 5.41) is 3.79. The largest absolute Gasteiger partial charge is 0.441 e. The molecule has 0 N–H and O–H groups in total. The molecule has 0 radical (unpaired) electrons. The number of hydrogen-bond donors (Lipinski definition) is 0. The van der Waals surface area contributed by atoms with E-state index >= 15 is 0 Å². The minimum atomic E-state index is -0.472. The SMILES string of the molecule is O=c1onc(-c2cncnc2)n1CCc1ccccc1. The van der Waals surface area contributed by atoms with Gasteiger partial charge in [0.05, 0.1) is 5.56 Å². The predicted octanol–water partition coefficient (Wildman–Crippen LogP) is 1.54. The van der Waals surface area contributed by atoms with Gasteiger partial charge in [-0.05, 0) is 12.0 Å². The van der Waals surface area contributed by atoms with Crippen molar-refractivity contribution in [3.8, 4) is 11.4 Å². The smallest absolute Gasteiger partial charge is 0.295 e. The van der Waals surface area contributed by atoms with Crippen molar-refractivity contribution in [3.05, 3.63) is 65.2 Å². The first-order chi connectivity index (χ1) is 9.84. The van der Waals surface area contributed by atoms with Gasteiger partial charge in [-0.1, -0.05) is 35.5 Å². The second-order valence-corrected chi connectivity index (χ2v) is 4.29. The van der Waals surface area contributed by atoms with Crippen LogP contribution < -0.4 is 5.76 Å². The topological polar surface area (TPSA) is 73.8 Å². The molecule has 0 saturated carbocycles. The summed E-state index contributed by atoms with van der Waals surface area (Å²) in [7, 11) is 0. The molecule has 1 aromatic carbocycles. The molecule has 100 valence electrons. The van der Waals surface area contributed by atoms with Gasteiger partial charge >= 0.3 is 5.76 Å². The van der Waals surface area contributed by atoms with Gasteiger partial charge in [0, 0.05) is 18.9 Å². The van der Waals surface area contributed by atoms with Crippen molar-refractivity contribution >= 4 is 0 Å². The predicted molar refractivity (Wildman–Crippen MR) is 71.9 cm³/mol. The lowest BCUT2D eigenvalue weighted by atomic mass is 10.1. The van der Waals surface area contributed by atoms with Gasteiger partial charge in [-0.15, -0.1) is 0 Å². The van der Waals surface area contributed by atoms with Gasteiger partial charge in [-0.25, -0.2) is 14.8 Å². The fraction of sp³-hybridized carbons (Fsp3) is 0.143. The van der Waals surface area contributed by atoms with Crippen LogP contribution in [0.1, 0.15) is 5.56 Å². The highest BCUT2D eigenvalue weighted by Gasteiger charge is 2.12. The molecule has 6 nitrogen and oxygen atoms in total. The van der Waals surface area contributed by atoms with E-state index in [1.54, 1.807) is 12.4 Å². The molecule has 2 heterocycles. The molecule has 0 unspecified atom stereocenters. The number of aromatic nitrogens is 4. The molecule has 0 spiro atoms. The Kier molecular flexibility index (Phi) is 3.36. The van der Waals surface area contributed by atoms with Crippen LogP contribution in [0.15, 0.2) is 58.4 Å². The standard InChI is InChI=1S/C14H12N4O2/c19-14-18(7-6-11-4-2-1-3-5-11)13(17-20-14)12-8-15-10-16-9-12/h1-5,8-10H,6-7H2. The summed E-state index contributed by atoms with van der Waals surface area (Å²) >= 11 is 0. The minimum Gasteiger partial charge on any atom is -0.295 e. The van der Waals surface area contributed by atoms with E-state index in [0.29, 0.717) is 17.9 Å². The van der Waals surface area contributed by atoms with Crippen molar-refractivity contribution in [2.24, 2.45) is 0 Å².